The van der Waals surface area contributed by atoms with Crippen LogP contribution in [0.15, 0.2) is 30.5 Å². The Bertz CT molecular complexity index is 858. The second-order valence-electron chi connectivity index (χ2n) is 5.82. The average molecular weight is 343 g/mol. The number of benzene rings is 1. The number of rotatable bonds is 3. The van der Waals surface area contributed by atoms with Crippen molar-refractivity contribution < 1.29 is 24.2 Å². The molecule has 130 valence electrons. The zero-order valence-electron chi connectivity index (χ0n) is 13.8. The van der Waals surface area contributed by atoms with Crippen LogP contribution in [0.2, 0.25) is 0 Å². The predicted octanol–water partition coefficient (Wildman–Crippen LogP) is 0.858. The smallest absolute Gasteiger partial charge is 0.339 e. The summed E-state index contributed by atoms with van der Waals surface area (Å²) < 4.78 is 6.09. The van der Waals surface area contributed by atoms with E-state index in [2.05, 4.69) is 5.10 Å². The van der Waals surface area contributed by atoms with Crippen LogP contribution >= 0.6 is 0 Å². The summed E-state index contributed by atoms with van der Waals surface area (Å²) in [6.45, 7) is 0.185. The van der Waals surface area contributed by atoms with Crippen molar-refractivity contribution in [1.29, 1.82) is 0 Å². The number of amides is 1. The number of aryl methyl sites for hydroxylation is 1. The standard InChI is InChI=1S/C17H17N3O5/c1-19-9-12(16(22)23)14(18-19)15(21)20-8-11-6-4-3-5-10(11)7-13(20)17(24)25-2/h3-6,9,13H,7-8H2,1-2H3,(H,22,23). The molecule has 0 saturated heterocycles. The van der Waals surface area contributed by atoms with Gasteiger partial charge in [-0.2, -0.15) is 5.10 Å². The number of ether oxygens (including phenoxy) is 1. The van der Waals surface area contributed by atoms with Gasteiger partial charge in [0.2, 0.25) is 0 Å². The molecule has 0 fully saturated rings. The molecule has 0 saturated carbocycles. The first-order valence-electron chi connectivity index (χ1n) is 7.65. The fourth-order valence-electron chi connectivity index (χ4n) is 3.02. The van der Waals surface area contributed by atoms with Crippen LogP contribution in [-0.2, 0) is 29.5 Å². The summed E-state index contributed by atoms with van der Waals surface area (Å²) in [4.78, 5) is 37.8. The van der Waals surface area contributed by atoms with Gasteiger partial charge in [-0.15, -0.1) is 0 Å². The van der Waals surface area contributed by atoms with Crippen molar-refractivity contribution in [1.82, 2.24) is 14.7 Å². The van der Waals surface area contributed by atoms with Crippen molar-refractivity contribution in [3.63, 3.8) is 0 Å². The maximum atomic E-state index is 13.0. The second kappa shape index (κ2) is 6.39. The number of esters is 1. The number of nitrogens with zero attached hydrogens (tertiary/aromatic N) is 3. The summed E-state index contributed by atoms with van der Waals surface area (Å²) in [5.41, 5.74) is 1.48. The van der Waals surface area contributed by atoms with E-state index in [-0.39, 0.29) is 17.8 Å². The van der Waals surface area contributed by atoms with Crippen molar-refractivity contribution in [2.75, 3.05) is 7.11 Å². The van der Waals surface area contributed by atoms with E-state index in [1.54, 1.807) is 0 Å². The van der Waals surface area contributed by atoms with Crippen molar-refractivity contribution in [2.24, 2.45) is 7.05 Å². The quantitative estimate of drug-likeness (QED) is 0.830. The summed E-state index contributed by atoms with van der Waals surface area (Å²) >= 11 is 0. The number of carboxylic acids is 1. The van der Waals surface area contributed by atoms with Gasteiger partial charge in [0.25, 0.3) is 5.91 Å². The van der Waals surface area contributed by atoms with Crippen LogP contribution in [0.25, 0.3) is 0 Å². The topological polar surface area (TPSA) is 102 Å². The first kappa shape index (κ1) is 16.7. The number of aromatic nitrogens is 2. The normalized spacial score (nSPS) is 16.2. The van der Waals surface area contributed by atoms with E-state index in [4.69, 9.17) is 4.74 Å². The summed E-state index contributed by atoms with van der Waals surface area (Å²) in [6, 6.07) is 6.67. The first-order valence-corrected chi connectivity index (χ1v) is 7.65. The number of carbonyl (C=O) groups is 3. The van der Waals surface area contributed by atoms with E-state index in [9.17, 15) is 19.5 Å². The summed E-state index contributed by atoms with van der Waals surface area (Å²) in [5, 5.41) is 13.3. The fourth-order valence-corrected chi connectivity index (χ4v) is 3.02. The molecule has 1 aromatic carbocycles. The Morgan fingerprint density at radius 2 is 1.92 bits per heavy atom. The lowest BCUT2D eigenvalue weighted by atomic mass is 9.93. The molecule has 1 unspecified atom stereocenters. The Kier molecular flexibility index (Phi) is 4.26. The Labute approximate surface area is 143 Å². The van der Waals surface area contributed by atoms with E-state index in [0.717, 1.165) is 11.1 Å². The summed E-state index contributed by atoms with van der Waals surface area (Å²) in [5.74, 6) is -2.40. The van der Waals surface area contributed by atoms with Gasteiger partial charge < -0.3 is 14.7 Å². The number of fused-ring (bicyclic) bond motifs is 1. The maximum Gasteiger partial charge on any atom is 0.339 e. The molecule has 0 spiro atoms. The maximum absolute atomic E-state index is 13.0. The molecular weight excluding hydrogens is 326 g/mol. The highest BCUT2D eigenvalue weighted by Crippen LogP contribution is 2.26. The Morgan fingerprint density at radius 1 is 1.24 bits per heavy atom. The highest BCUT2D eigenvalue weighted by atomic mass is 16.5. The minimum atomic E-state index is -1.25. The van der Waals surface area contributed by atoms with E-state index < -0.39 is 23.9 Å². The van der Waals surface area contributed by atoms with Crippen LogP contribution in [0.1, 0.15) is 32.0 Å². The van der Waals surface area contributed by atoms with Crippen LogP contribution in [-0.4, -0.2) is 50.8 Å². The Morgan fingerprint density at radius 3 is 2.56 bits per heavy atom. The molecule has 2 heterocycles. The van der Waals surface area contributed by atoms with Crippen molar-refractivity contribution >= 4 is 17.8 Å². The van der Waals surface area contributed by atoms with Gasteiger partial charge in [-0.3, -0.25) is 9.48 Å². The minimum Gasteiger partial charge on any atom is -0.478 e. The van der Waals surface area contributed by atoms with Crippen LogP contribution < -0.4 is 0 Å². The number of methoxy groups -OCH3 is 1. The lowest BCUT2D eigenvalue weighted by Crippen LogP contribution is -2.49. The molecule has 0 aliphatic carbocycles. The SMILES string of the molecule is COC(=O)C1Cc2ccccc2CN1C(=O)c1nn(C)cc1C(=O)O. The van der Waals surface area contributed by atoms with Gasteiger partial charge in [0.15, 0.2) is 5.69 Å². The van der Waals surface area contributed by atoms with Crippen molar-refractivity contribution in [3.05, 3.63) is 52.8 Å². The molecule has 1 amide bonds. The number of carbonyl (C=O) groups excluding carboxylic acids is 2. The largest absolute Gasteiger partial charge is 0.478 e. The zero-order chi connectivity index (χ0) is 18.1. The molecule has 1 N–H and O–H groups in total. The third kappa shape index (κ3) is 2.98. The van der Waals surface area contributed by atoms with Gasteiger partial charge in [-0.1, -0.05) is 24.3 Å². The number of hydrogen-bond acceptors (Lipinski definition) is 5. The summed E-state index contributed by atoms with van der Waals surface area (Å²) in [6.07, 6.45) is 1.57. The van der Waals surface area contributed by atoms with E-state index in [1.165, 1.54) is 29.9 Å². The van der Waals surface area contributed by atoms with Gasteiger partial charge in [-0.05, 0) is 11.1 Å². The molecular formula is C17H17N3O5. The van der Waals surface area contributed by atoms with Gasteiger partial charge in [0.05, 0.1) is 7.11 Å². The molecule has 1 aromatic heterocycles. The molecule has 3 rings (SSSR count). The monoisotopic (exact) mass is 343 g/mol. The van der Waals surface area contributed by atoms with Crippen LogP contribution in [0.4, 0.5) is 0 Å². The molecule has 1 atom stereocenters. The zero-order valence-corrected chi connectivity index (χ0v) is 13.8. The number of carboxylic acid groups (broad SMARTS) is 1. The first-order chi connectivity index (χ1) is 11.9. The van der Waals surface area contributed by atoms with Crippen molar-refractivity contribution in [2.45, 2.75) is 19.0 Å². The average Bonchev–Trinajstić information content (AvgIpc) is 3.01. The highest BCUT2D eigenvalue weighted by Gasteiger charge is 2.38. The molecule has 0 bridgehead atoms. The molecule has 1 aliphatic heterocycles. The van der Waals surface area contributed by atoms with Crippen LogP contribution in [0, 0.1) is 0 Å². The number of hydrogen-bond donors (Lipinski definition) is 1. The fraction of sp³-hybridized carbons (Fsp3) is 0.294. The third-order valence-corrected chi connectivity index (χ3v) is 4.24. The molecule has 1 aliphatic rings. The lowest BCUT2D eigenvalue weighted by Gasteiger charge is -2.34. The van der Waals surface area contributed by atoms with Gasteiger partial charge in [0, 0.05) is 26.2 Å². The van der Waals surface area contributed by atoms with Crippen LogP contribution in [0.5, 0.6) is 0 Å². The predicted molar refractivity (Wildman–Crippen MR) is 86.0 cm³/mol. The van der Waals surface area contributed by atoms with Gasteiger partial charge in [0.1, 0.15) is 11.6 Å². The molecule has 8 heteroatoms. The molecule has 0 radical (unpaired) electrons. The molecule has 25 heavy (non-hydrogen) atoms. The van der Waals surface area contributed by atoms with E-state index >= 15 is 0 Å². The van der Waals surface area contributed by atoms with E-state index in [1.807, 2.05) is 24.3 Å². The van der Waals surface area contributed by atoms with Gasteiger partial charge in [-0.25, -0.2) is 9.59 Å². The van der Waals surface area contributed by atoms with E-state index in [0.29, 0.717) is 6.42 Å². The highest BCUT2D eigenvalue weighted by molar-refractivity contribution is 6.04. The lowest BCUT2D eigenvalue weighted by molar-refractivity contribution is -0.146. The second-order valence-corrected chi connectivity index (χ2v) is 5.82. The van der Waals surface area contributed by atoms with Crippen LogP contribution in [0.3, 0.4) is 0 Å². The third-order valence-electron chi connectivity index (χ3n) is 4.24. The molecule has 2 aromatic rings. The Hall–Kier alpha value is -3.16. The minimum absolute atomic E-state index is 0.185. The molecule has 8 nitrogen and oxygen atoms in total. The summed E-state index contributed by atoms with van der Waals surface area (Å²) in [7, 11) is 2.79. The van der Waals surface area contributed by atoms with Crippen molar-refractivity contribution in [3.8, 4) is 0 Å². The van der Waals surface area contributed by atoms with Gasteiger partial charge >= 0.3 is 11.9 Å². The Balaban J connectivity index is 2.02. The number of aromatic carboxylic acids is 1.